The number of ether oxygens (including phenoxy) is 1. The third kappa shape index (κ3) is 2.84. The lowest BCUT2D eigenvalue weighted by atomic mass is 9.95. The molecular formula is C18H26N2O2. The zero-order valence-corrected chi connectivity index (χ0v) is 13.8. The van der Waals surface area contributed by atoms with E-state index in [0.717, 1.165) is 18.0 Å². The predicted molar refractivity (Wildman–Crippen MR) is 88.4 cm³/mol. The Bertz CT molecular complexity index is 533. The zero-order chi connectivity index (χ0) is 15.7. The van der Waals surface area contributed by atoms with Crippen LogP contribution >= 0.6 is 0 Å². The Morgan fingerprint density at radius 2 is 1.77 bits per heavy atom. The average Bonchev–Trinajstić information content (AvgIpc) is 3.00. The highest BCUT2D eigenvalue weighted by atomic mass is 16.5. The van der Waals surface area contributed by atoms with E-state index in [1.165, 1.54) is 25.7 Å². The number of methoxy groups -OCH3 is 1. The maximum Gasteiger partial charge on any atom is 0.241 e. The number of hydrogen-bond acceptors (Lipinski definition) is 3. The highest BCUT2D eigenvalue weighted by Crippen LogP contribution is 2.33. The molecule has 0 radical (unpaired) electrons. The number of anilines is 1. The second kappa shape index (κ2) is 5.92. The molecule has 1 aliphatic carbocycles. The standard InChI is InChI=1S/C18H26N2O2/c1-18(2)13-19(14-6-4-5-7-14)12-17(21)20(18)15-8-10-16(22-3)11-9-15/h8-11,14H,4-7,12-13H2,1-3H3. The quantitative estimate of drug-likeness (QED) is 0.860. The normalized spacial score (nSPS) is 23.0. The van der Waals surface area contributed by atoms with E-state index in [2.05, 4.69) is 18.7 Å². The minimum absolute atomic E-state index is 0.188. The molecule has 120 valence electrons. The molecule has 0 spiro atoms. The van der Waals surface area contributed by atoms with Crippen molar-refractivity contribution in [3.05, 3.63) is 24.3 Å². The van der Waals surface area contributed by atoms with Crippen LogP contribution in [0.5, 0.6) is 5.75 Å². The van der Waals surface area contributed by atoms with E-state index < -0.39 is 0 Å². The fraction of sp³-hybridized carbons (Fsp3) is 0.611. The highest BCUT2D eigenvalue weighted by molar-refractivity contribution is 5.97. The van der Waals surface area contributed by atoms with Crippen molar-refractivity contribution in [1.29, 1.82) is 0 Å². The van der Waals surface area contributed by atoms with E-state index in [1.807, 2.05) is 29.2 Å². The van der Waals surface area contributed by atoms with E-state index in [-0.39, 0.29) is 11.4 Å². The monoisotopic (exact) mass is 302 g/mol. The van der Waals surface area contributed by atoms with Crippen molar-refractivity contribution in [3.63, 3.8) is 0 Å². The van der Waals surface area contributed by atoms with Gasteiger partial charge in [0.1, 0.15) is 5.75 Å². The molecule has 4 nitrogen and oxygen atoms in total. The van der Waals surface area contributed by atoms with Crippen LogP contribution in [0.4, 0.5) is 5.69 Å². The Hall–Kier alpha value is -1.55. The smallest absolute Gasteiger partial charge is 0.241 e. The van der Waals surface area contributed by atoms with E-state index in [1.54, 1.807) is 7.11 Å². The number of hydrogen-bond donors (Lipinski definition) is 0. The molecule has 2 fully saturated rings. The van der Waals surface area contributed by atoms with Crippen LogP contribution in [0.15, 0.2) is 24.3 Å². The van der Waals surface area contributed by atoms with Gasteiger partial charge in [-0.3, -0.25) is 9.69 Å². The van der Waals surface area contributed by atoms with Gasteiger partial charge in [0.25, 0.3) is 0 Å². The van der Waals surface area contributed by atoms with Crippen LogP contribution in [0, 0.1) is 0 Å². The first-order valence-corrected chi connectivity index (χ1v) is 8.22. The molecule has 0 N–H and O–H groups in total. The Balaban J connectivity index is 1.81. The SMILES string of the molecule is COc1ccc(N2C(=O)CN(C3CCCC3)CC2(C)C)cc1. The van der Waals surface area contributed by atoms with Crippen LogP contribution < -0.4 is 9.64 Å². The molecule has 0 bridgehead atoms. The number of carbonyl (C=O) groups excluding carboxylic acids is 1. The summed E-state index contributed by atoms with van der Waals surface area (Å²) in [6.07, 6.45) is 5.09. The lowest BCUT2D eigenvalue weighted by Crippen LogP contribution is -2.64. The van der Waals surface area contributed by atoms with Gasteiger partial charge in [0.15, 0.2) is 0 Å². The van der Waals surface area contributed by atoms with Crippen molar-refractivity contribution in [2.75, 3.05) is 25.1 Å². The van der Waals surface area contributed by atoms with E-state index in [9.17, 15) is 4.79 Å². The van der Waals surface area contributed by atoms with Crippen molar-refractivity contribution in [1.82, 2.24) is 4.90 Å². The Morgan fingerprint density at radius 3 is 2.32 bits per heavy atom. The van der Waals surface area contributed by atoms with E-state index >= 15 is 0 Å². The van der Waals surface area contributed by atoms with Crippen LogP contribution in [0.1, 0.15) is 39.5 Å². The molecule has 0 unspecified atom stereocenters. The van der Waals surface area contributed by atoms with Gasteiger partial charge >= 0.3 is 0 Å². The summed E-state index contributed by atoms with van der Waals surface area (Å²) >= 11 is 0. The van der Waals surface area contributed by atoms with Gasteiger partial charge in [-0.1, -0.05) is 12.8 Å². The predicted octanol–water partition coefficient (Wildman–Crippen LogP) is 3.07. The molecule has 1 amide bonds. The van der Waals surface area contributed by atoms with Crippen LogP contribution in [-0.2, 0) is 4.79 Å². The summed E-state index contributed by atoms with van der Waals surface area (Å²) in [6.45, 7) is 5.81. The molecule has 1 aromatic carbocycles. The third-order valence-electron chi connectivity index (χ3n) is 4.95. The summed E-state index contributed by atoms with van der Waals surface area (Å²) < 4.78 is 5.21. The van der Waals surface area contributed by atoms with Gasteiger partial charge in [-0.2, -0.15) is 0 Å². The molecule has 1 heterocycles. The molecule has 1 aromatic rings. The Morgan fingerprint density at radius 1 is 1.14 bits per heavy atom. The summed E-state index contributed by atoms with van der Waals surface area (Å²) in [5.41, 5.74) is 0.772. The van der Waals surface area contributed by atoms with Crippen molar-refractivity contribution < 1.29 is 9.53 Å². The van der Waals surface area contributed by atoms with Crippen LogP contribution in [-0.4, -0.2) is 42.6 Å². The van der Waals surface area contributed by atoms with Crippen molar-refractivity contribution in [3.8, 4) is 5.75 Å². The van der Waals surface area contributed by atoms with Crippen molar-refractivity contribution in [2.24, 2.45) is 0 Å². The molecule has 1 saturated carbocycles. The molecule has 0 atom stereocenters. The summed E-state index contributed by atoms with van der Waals surface area (Å²) in [6, 6.07) is 8.39. The van der Waals surface area contributed by atoms with Crippen LogP contribution in [0.3, 0.4) is 0 Å². The summed E-state index contributed by atoms with van der Waals surface area (Å²) in [7, 11) is 1.66. The Kier molecular flexibility index (Phi) is 4.13. The summed E-state index contributed by atoms with van der Waals surface area (Å²) in [4.78, 5) is 17.1. The summed E-state index contributed by atoms with van der Waals surface area (Å²) in [5.74, 6) is 1.02. The summed E-state index contributed by atoms with van der Waals surface area (Å²) in [5, 5.41) is 0. The molecule has 22 heavy (non-hydrogen) atoms. The first-order valence-electron chi connectivity index (χ1n) is 8.22. The molecule has 3 rings (SSSR count). The van der Waals surface area contributed by atoms with Gasteiger partial charge in [0.05, 0.1) is 19.2 Å². The maximum atomic E-state index is 12.8. The number of amides is 1. The maximum absolute atomic E-state index is 12.8. The molecule has 4 heteroatoms. The van der Waals surface area contributed by atoms with Gasteiger partial charge in [-0.05, 0) is 51.0 Å². The van der Waals surface area contributed by atoms with Crippen molar-refractivity contribution in [2.45, 2.75) is 51.1 Å². The first kappa shape index (κ1) is 15.3. The second-order valence-electron chi connectivity index (χ2n) is 7.08. The molecule has 1 saturated heterocycles. The first-order chi connectivity index (χ1) is 10.5. The van der Waals surface area contributed by atoms with Gasteiger partial charge < -0.3 is 9.64 Å². The van der Waals surface area contributed by atoms with Crippen LogP contribution in [0.2, 0.25) is 0 Å². The van der Waals surface area contributed by atoms with Crippen molar-refractivity contribution >= 4 is 11.6 Å². The number of rotatable bonds is 3. The lowest BCUT2D eigenvalue weighted by molar-refractivity contribution is -0.124. The lowest BCUT2D eigenvalue weighted by Gasteiger charge is -2.48. The third-order valence-corrected chi connectivity index (χ3v) is 4.95. The number of piperazine rings is 1. The number of nitrogens with zero attached hydrogens (tertiary/aromatic N) is 2. The largest absolute Gasteiger partial charge is 0.497 e. The van der Waals surface area contributed by atoms with E-state index in [0.29, 0.717) is 12.6 Å². The molecular weight excluding hydrogens is 276 g/mol. The average molecular weight is 302 g/mol. The fourth-order valence-corrected chi connectivity index (χ4v) is 3.96. The minimum atomic E-state index is -0.188. The molecule has 2 aliphatic rings. The topological polar surface area (TPSA) is 32.8 Å². The second-order valence-corrected chi connectivity index (χ2v) is 7.08. The number of carbonyl (C=O) groups is 1. The molecule has 0 aromatic heterocycles. The van der Waals surface area contributed by atoms with Gasteiger partial charge in [0, 0.05) is 18.3 Å². The minimum Gasteiger partial charge on any atom is -0.497 e. The van der Waals surface area contributed by atoms with Gasteiger partial charge in [-0.25, -0.2) is 0 Å². The fourth-order valence-electron chi connectivity index (χ4n) is 3.96. The van der Waals surface area contributed by atoms with Gasteiger partial charge in [-0.15, -0.1) is 0 Å². The van der Waals surface area contributed by atoms with Gasteiger partial charge in [0.2, 0.25) is 5.91 Å². The van der Waals surface area contributed by atoms with E-state index in [4.69, 9.17) is 4.74 Å². The highest BCUT2D eigenvalue weighted by Gasteiger charge is 2.41. The zero-order valence-electron chi connectivity index (χ0n) is 13.8. The van der Waals surface area contributed by atoms with Crippen LogP contribution in [0.25, 0.3) is 0 Å². The number of benzene rings is 1. The Labute approximate surface area is 133 Å². The molecule has 1 aliphatic heterocycles.